The number of carbonyl (C=O) groups excluding carboxylic acids is 2. The van der Waals surface area contributed by atoms with Crippen LogP contribution in [0.4, 0.5) is 5.69 Å². The predicted octanol–water partition coefficient (Wildman–Crippen LogP) is 2.26. The van der Waals surface area contributed by atoms with Crippen LogP contribution in [0.1, 0.15) is 11.7 Å². The van der Waals surface area contributed by atoms with E-state index in [-0.39, 0.29) is 12.5 Å². The Morgan fingerprint density at radius 2 is 1.96 bits per heavy atom. The van der Waals surface area contributed by atoms with Gasteiger partial charge in [0.15, 0.2) is 6.10 Å². The summed E-state index contributed by atoms with van der Waals surface area (Å²) < 4.78 is 5.18. The molecule has 1 N–H and O–H groups in total. The third kappa shape index (κ3) is 3.81. The van der Waals surface area contributed by atoms with E-state index in [0.29, 0.717) is 29.4 Å². The van der Waals surface area contributed by atoms with Crippen LogP contribution < -0.4 is 9.64 Å². The van der Waals surface area contributed by atoms with Crippen molar-refractivity contribution in [2.24, 2.45) is 0 Å². The molecule has 2 aromatic rings. The quantitative estimate of drug-likeness (QED) is 0.891. The Morgan fingerprint density at radius 3 is 2.65 bits per heavy atom. The van der Waals surface area contributed by atoms with E-state index in [0.717, 1.165) is 5.69 Å². The summed E-state index contributed by atoms with van der Waals surface area (Å²) in [6.07, 6.45) is -1.34. The van der Waals surface area contributed by atoms with E-state index in [1.165, 1.54) is 4.90 Å². The maximum absolute atomic E-state index is 12.5. The van der Waals surface area contributed by atoms with E-state index in [4.69, 9.17) is 16.3 Å². The third-order valence-corrected chi connectivity index (χ3v) is 4.53. The standard InChI is InChI=1S/C19H19ClN2O4/c1-26-16-7-3-6-15(11-16)22-9-8-21(12-17(22)23)19(25)18(24)13-4-2-5-14(20)10-13/h2-7,10-11,18,24H,8-9,12H2,1H3. The van der Waals surface area contributed by atoms with Crippen LogP contribution in [0.25, 0.3) is 0 Å². The normalized spacial score (nSPS) is 15.7. The highest BCUT2D eigenvalue weighted by molar-refractivity contribution is 6.30. The number of amides is 2. The molecule has 26 heavy (non-hydrogen) atoms. The van der Waals surface area contributed by atoms with Gasteiger partial charge in [-0.25, -0.2) is 0 Å². The number of hydrogen-bond donors (Lipinski definition) is 1. The van der Waals surface area contributed by atoms with E-state index in [9.17, 15) is 14.7 Å². The molecule has 7 heteroatoms. The van der Waals surface area contributed by atoms with Gasteiger partial charge >= 0.3 is 0 Å². The van der Waals surface area contributed by atoms with E-state index in [1.807, 2.05) is 12.1 Å². The monoisotopic (exact) mass is 374 g/mol. The Labute approximate surface area is 156 Å². The van der Waals surface area contributed by atoms with Crippen molar-refractivity contribution in [2.75, 3.05) is 31.6 Å². The van der Waals surface area contributed by atoms with Crippen molar-refractivity contribution in [1.29, 1.82) is 0 Å². The number of anilines is 1. The second-order valence-corrected chi connectivity index (χ2v) is 6.40. The van der Waals surface area contributed by atoms with Gasteiger partial charge in [-0.2, -0.15) is 0 Å². The molecule has 0 radical (unpaired) electrons. The molecule has 1 heterocycles. The van der Waals surface area contributed by atoms with Crippen molar-refractivity contribution < 1.29 is 19.4 Å². The lowest BCUT2D eigenvalue weighted by Gasteiger charge is -2.35. The fourth-order valence-corrected chi connectivity index (χ4v) is 3.10. The largest absolute Gasteiger partial charge is 0.497 e. The van der Waals surface area contributed by atoms with Crippen molar-refractivity contribution in [3.05, 3.63) is 59.1 Å². The third-order valence-electron chi connectivity index (χ3n) is 4.30. The first-order valence-corrected chi connectivity index (χ1v) is 8.54. The summed E-state index contributed by atoms with van der Waals surface area (Å²) in [7, 11) is 1.56. The van der Waals surface area contributed by atoms with Gasteiger partial charge in [-0.1, -0.05) is 29.8 Å². The van der Waals surface area contributed by atoms with Crippen LogP contribution in [0.5, 0.6) is 5.75 Å². The SMILES string of the molecule is COc1cccc(N2CCN(C(=O)C(O)c3cccc(Cl)c3)CC2=O)c1. The fraction of sp³-hybridized carbons (Fsp3) is 0.263. The molecule has 1 unspecified atom stereocenters. The van der Waals surface area contributed by atoms with Crippen LogP contribution in [0.15, 0.2) is 48.5 Å². The summed E-state index contributed by atoms with van der Waals surface area (Å²) in [5, 5.41) is 10.8. The average molecular weight is 375 g/mol. The number of hydrogen-bond acceptors (Lipinski definition) is 4. The minimum atomic E-state index is -1.34. The molecule has 1 aliphatic rings. The molecule has 2 amide bonds. The highest BCUT2D eigenvalue weighted by Crippen LogP contribution is 2.24. The lowest BCUT2D eigenvalue weighted by Crippen LogP contribution is -2.53. The van der Waals surface area contributed by atoms with Gasteiger partial charge in [-0.15, -0.1) is 0 Å². The number of halogens is 1. The zero-order valence-electron chi connectivity index (χ0n) is 14.3. The number of carbonyl (C=O) groups is 2. The zero-order chi connectivity index (χ0) is 18.7. The van der Waals surface area contributed by atoms with Crippen LogP contribution in [0, 0.1) is 0 Å². The summed E-state index contributed by atoms with van der Waals surface area (Å²) in [5.41, 5.74) is 1.13. The van der Waals surface area contributed by atoms with Crippen LogP contribution in [0.2, 0.25) is 5.02 Å². The summed E-state index contributed by atoms with van der Waals surface area (Å²) >= 11 is 5.91. The Bertz CT molecular complexity index is 827. The highest BCUT2D eigenvalue weighted by Gasteiger charge is 2.31. The van der Waals surface area contributed by atoms with Crippen LogP contribution in [-0.2, 0) is 9.59 Å². The second-order valence-electron chi connectivity index (χ2n) is 5.96. The summed E-state index contributed by atoms with van der Waals surface area (Å²) in [6.45, 7) is 0.590. The highest BCUT2D eigenvalue weighted by atomic mass is 35.5. The molecule has 136 valence electrons. The average Bonchev–Trinajstić information content (AvgIpc) is 2.66. The predicted molar refractivity (Wildman–Crippen MR) is 98.3 cm³/mol. The van der Waals surface area contributed by atoms with Gasteiger partial charge in [0.05, 0.1) is 7.11 Å². The van der Waals surface area contributed by atoms with Crippen LogP contribution in [0.3, 0.4) is 0 Å². The number of ether oxygens (including phenoxy) is 1. The Balaban J connectivity index is 1.69. The van der Waals surface area contributed by atoms with Crippen LogP contribution in [-0.4, -0.2) is 48.6 Å². The van der Waals surface area contributed by atoms with Gasteiger partial charge in [0.25, 0.3) is 5.91 Å². The van der Waals surface area contributed by atoms with Crippen molar-refractivity contribution in [1.82, 2.24) is 4.90 Å². The zero-order valence-corrected chi connectivity index (χ0v) is 15.0. The van der Waals surface area contributed by atoms with Crippen molar-refractivity contribution in [3.63, 3.8) is 0 Å². The summed E-state index contributed by atoms with van der Waals surface area (Å²) in [4.78, 5) is 28.0. The van der Waals surface area contributed by atoms with Crippen molar-refractivity contribution in [2.45, 2.75) is 6.10 Å². The molecule has 2 aromatic carbocycles. The molecule has 0 saturated carbocycles. The van der Waals surface area contributed by atoms with Crippen LogP contribution >= 0.6 is 11.6 Å². The van der Waals surface area contributed by atoms with Gasteiger partial charge < -0.3 is 19.6 Å². The molecule has 6 nitrogen and oxygen atoms in total. The first kappa shape index (κ1) is 18.2. The number of rotatable bonds is 4. The maximum atomic E-state index is 12.5. The molecule has 0 aromatic heterocycles. The number of piperazine rings is 1. The summed E-state index contributed by atoms with van der Waals surface area (Å²) in [5.74, 6) is -0.0627. The molecule has 1 fully saturated rings. The lowest BCUT2D eigenvalue weighted by molar-refractivity contribution is -0.144. The molecule has 1 saturated heterocycles. The van der Waals surface area contributed by atoms with Gasteiger partial charge in [-0.3, -0.25) is 9.59 Å². The van der Waals surface area contributed by atoms with Crippen molar-refractivity contribution >= 4 is 29.1 Å². The number of benzene rings is 2. The molecule has 0 bridgehead atoms. The fourth-order valence-electron chi connectivity index (χ4n) is 2.90. The smallest absolute Gasteiger partial charge is 0.256 e. The maximum Gasteiger partial charge on any atom is 0.256 e. The number of aliphatic hydroxyl groups excluding tert-OH is 1. The van der Waals surface area contributed by atoms with Gasteiger partial charge in [0, 0.05) is 29.9 Å². The second kappa shape index (κ2) is 7.76. The minimum absolute atomic E-state index is 0.0896. The lowest BCUT2D eigenvalue weighted by atomic mass is 10.1. The van der Waals surface area contributed by atoms with Gasteiger partial charge in [0.2, 0.25) is 5.91 Å². The topological polar surface area (TPSA) is 70.1 Å². The molecule has 0 spiro atoms. The van der Waals surface area contributed by atoms with E-state index in [1.54, 1.807) is 48.4 Å². The van der Waals surface area contributed by atoms with Gasteiger partial charge in [-0.05, 0) is 29.8 Å². The molecular weight excluding hydrogens is 356 g/mol. The molecular formula is C19H19ClN2O4. The molecule has 0 aliphatic carbocycles. The first-order chi connectivity index (χ1) is 12.5. The van der Waals surface area contributed by atoms with E-state index in [2.05, 4.69) is 0 Å². The van der Waals surface area contributed by atoms with Crippen molar-refractivity contribution in [3.8, 4) is 5.75 Å². The Hall–Kier alpha value is -2.57. The Kier molecular flexibility index (Phi) is 5.44. The number of methoxy groups -OCH3 is 1. The minimum Gasteiger partial charge on any atom is -0.497 e. The Morgan fingerprint density at radius 1 is 1.19 bits per heavy atom. The van der Waals surface area contributed by atoms with Gasteiger partial charge in [0.1, 0.15) is 12.3 Å². The van der Waals surface area contributed by atoms with E-state index < -0.39 is 12.0 Å². The molecule has 1 aliphatic heterocycles. The number of nitrogens with zero attached hydrogens (tertiary/aromatic N) is 2. The molecule has 1 atom stereocenters. The molecule has 3 rings (SSSR count). The van der Waals surface area contributed by atoms with E-state index >= 15 is 0 Å². The first-order valence-electron chi connectivity index (χ1n) is 8.16. The summed E-state index contributed by atoms with van der Waals surface area (Å²) in [6, 6.07) is 13.7. The number of aliphatic hydroxyl groups is 1.